The number of ether oxygens (including phenoxy) is 1. The van der Waals surface area contributed by atoms with Crippen molar-refractivity contribution in [1.82, 2.24) is 4.90 Å². The molecule has 0 atom stereocenters. The molecule has 1 aliphatic rings. The number of rotatable bonds is 6. The number of halogens is 3. The molecule has 2 aromatic carbocycles. The highest BCUT2D eigenvalue weighted by Gasteiger charge is 2.37. The van der Waals surface area contributed by atoms with Crippen LogP contribution < -0.4 is 10.1 Å². The summed E-state index contributed by atoms with van der Waals surface area (Å²) in [7, 11) is 1.44. The number of nitrogens with zero attached hydrogens (tertiary/aromatic N) is 1. The van der Waals surface area contributed by atoms with E-state index in [2.05, 4.69) is 5.32 Å². The van der Waals surface area contributed by atoms with E-state index in [-0.39, 0.29) is 22.0 Å². The Hall–Kier alpha value is -3.99. The normalized spacial score (nSPS) is 15.1. The van der Waals surface area contributed by atoms with Crippen molar-refractivity contribution in [1.29, 1.82) is 0 Å². The second kappa shape index (κ2) is 9.71. The van der Waals surface area contributed by atoms with Crippen molar-refractivity contribution in [3.05, 3.63) is 76.9 Å². The van der Waals surface area contributed by atoms with Gasteiger partial charge in [-0.2, -0.15) is 13.2 Å². The van der Waals surface area contributed by atoms with Gasteiger partial charge < -0.3 is 14.5 Å². The Morgan fingerprint density at radius 1 is 1.09 bits per heavy atom. The second-order valence-electron chi connectivity index (χ2n) is 7.26. The number of anilines is 1. The molecule has 3 amide bonds. The summed E-state index contributed by atoms with van der Waals surface area (Å²) in [4.78, 5) is 38.2. The first-order valence-corrected chi connectivity index (χ1v) is 10.9. The zero-order valence-electron chi connectivity index (χ0n) is 18.1. The first-order chi connectivity index (χ1) is 16.7. The Balaban J connectivity index is 1.49. The summed E-state index contributed by atoms with van der Waals surface area (Å²) >= 11 is 0.599. The molecule has 1 fully saturated rings. The van der Waals surface area contributed by atoms with Crippen LogP contribution in [-0.2, 0) is 15.8 Å². The van der Waals surface area contributed by atoms with Crippen molar-refractivity contribution < 1.29 is 36.7 Å². The van der Waals surface area contributed by atoms with Crippen molar-refractivity contribution >= 4 is 40.6 Å². The highest BCUT2D eigenvalue weighted by molar-refractivity contribution is 8.18. The minimum atomic E-state index is -4.57. The summed E-state index contributed by atoms with van der Waals surface area (Å²) in [5.41, 5.74) is -0.632. The number of imide groups is 1. The summed E-state index contributed by atoms with van der Waals surface area (Å²) in [6.45, 7) is -0.525. The molecule has 0 unspecified atom stereocenters. The smallest absolute Gasteiger partial charge is 0.417 e. The van der Waals surface area contributed by atoms with Crippen molar-refractivity contribution in [2.75, 3.05) is 19.0 Å². The number of carbonyl (C=O) groups is 3. The predicted octanol–water partition coefficient (Wildman–Crippen LogP) is 5.65. The van der Waals surface area contributed by atoms with Crippen molar-refractivity contribution in [3.63, 3.8) is 0 Å². The summed E-state index contributed by atoms with van der Waals surface area (Å²) in [5.74, 6) is -0.873. The van der Waals surface area contributed by atoms with Gasteiger partial charge in [0.15, 0.2) is 0 Å². The molecule has 1 aromatic heterocycles. The number of methoxy groups -OCH3 is 1. The van der Waals surface area contributed by atoms with Crippen LogP contribution in [0.4, 0.5) is 23.7 Å². The second-order valence-corrected chi connectivity index (χ2v) is 8.25. The highest BCUT2D eigenvalue weighted by Crippen LogP contribution is 2.38. The van der Waals surface area contributed by atoms with Crippen LogP contribution in [0.1, 0.15) is 11.3 Å². The average Bonchev–Trinajstić information content (AvgIpc) is 3.39. The van der Waals surface area contributed by atoms with Gasteiger partial charge in [-0.1, -0.05) is 30.3 Å². The lowest BCUT2D eigenvalue weighted by atomic mass is 10.1. The zero-order chi connectivity index (χ0) is 25.2. The van der Waals surface area contributed by atoms with Crippen molar-refractivity contribution in [2.45, 2.75) is 6.18 Å². The molecule has 180 valence electrons. The lowest BCUT2D eigenvalue weighted by Crippen LogP contribution is -2.36. The van der Waals surface area contributed by atoms with Crippen LogP contribution in [0.3, 0.4) is 0 Å². The molecule has 1 N–H and O–H groups in total. The van der Waals surface area contributed by atoms with E-state index >= 15 is 0 Å². The molecule has 2 heterocycles. The summed E-state index contributed by atoms with van der Waals surface area (Å²) in [5, 5.41) is 1.92. The van der Waals surface area contributed by atoms with Gasteiger partial charge in [0, 0.05) is 11.6 Å². The number of nitrogens with one attached hydrogen (secondary N) is 1. The third-order valence-electron chi connectivity index (χ3n) is 4.95. The summed E-state index contributed by atoms with van der Waals surface area (Å²) in [6.07, 6.45) is -3.32. The SMILES string of the molecule is COc1ccccc1NC(=O)CN1C(=O)S/C(=C/c2ccc(-c3ccccc3C(F)(F)F)o2)C1=O. The molecule has 7 nitrogen and oxygen atoms in total. The number of benzene rings is 2. The fourth-order valence-corrected chi connectivity index (χ4v) is 4.19. The Labute approximate surface area is 201 Å². The number of amides is 3. The fourth-order valence-electron chi connectivity index (χ4n) is 3.37. The van der Waals surface area contributed by atoms with Gasteiger partial charge in [-0.15, -0.1) is 0 Å². The van der Waals surface area contributed by atoms with Crippen LogP contribution in [0.15, 0.2) is 70.0 Å². The minimum Gasteiger partial charge on any atom is -0.495 e. The highest BCUT2D eigenvalue weighted by atomic mass is 32.2. The molecule has 11 heteroatoms. The molecule has 0 bridgehead atoms. The van der Waals surface area contributed by atoms with E-state index in [1.807, 2.05) is 0 Å². The molecular weight excluding hydrogens is 485 g/mol. The van der Waals surface area contributed by atoms with Crippen LogP contribution in [0, 0.1) is 0 Å². The standard InChI is InChI=1S/C24H17F3N2O5S/c1-33-19-9-5-4-8-17(19)28-21(30)13-29-22(31)20(35-23(29)32)12-14-10-11-18(34-14)15-6-2-3-7-16(15)24(25,26)27/h2-12H,13H2,1H3,(H,28,30)/b20-12+. The molecule has 0 radical (unpaired) electrons. The first-order valence-electron chi connectivity index (χ1n) is 10.1. The number of alkyl halides is 3. The number of carbonyl (C=O) groups excluding carboxylic acids is 3. The van der Waals surface area contributed by atoms with Crippen molar-refractivity contribution in [3.8, 4) is 17.1 Å². The van der Waals surface area contributed by atoms with Crippen molar-refractivity contribution in [2.24, 2.45) is 0 Å². The minimum absolute atomic E-state index is 0.0231. The number of hydrogen-bond donors (Lipinski definition) is 1. The van der Waals surface area contributed by atoms with E-state index < -0.39 is 35.3 Å². The molecule has 1 saturated heterocycles. The van der Waals surface area contributed by atoms with Crippen LogP contribution >= 0.6 is 11.8 Å². The third-order valence-corrected chi connectivity index (χ3v) is 5.86. The summed E-state index contributed by atoms with van der Waals surface area (Å²) < 4.78 is 50.6. The van der Waals surface area contributed by atoms with Gasteiger partial charge in [-0.25, -0.2) is 0 Å². The van der Waals surface area contributed by atoms with E-state index in [1.54, 1.807) is 24.3 Å². The third kappa shape index (κ3) is 5.24. The van der Waals surface area contributed by atoms with Crippen LogP contribution in [0.2, 0.25) is 0 Å². The molecule has 0 saturated carbocycles. The molecule has 0 aliphatic carbocycles. The Morgan fingerprint density at radius 2 is 1.80 bits per heavy atom. The lowest BCUT2D eigenvalue weighted by molar-refractivity contribution is -0.137. The molecule has 1 aliphatic heterocycles. The number of hydrogen-bond acceptors (Lipinski definition) is 6. The quantitative estimate of drug-likeness (QED) is 0.439. The van der Waals surface area contributed by atoms with Gasteiger partial charge in [-0.05, 0) is 42.1 Å². The van der Waals surface area contributed by atoms with E-state index in [0.29, 0.717) is 23.2 Å². The Bertz CT molecular complexity index is 1330. The Kier molecular flexibility index (Phi) is 6.70. The molecule has 0 spiro atoms. The van der Waals surface area contributed by atoms with E-state index in [1.165, 1.54) is 43.5 Å². The van der Waals surface area contributed by atoms with Gasteiger partial charge in [0.1, 0.15) is 23.8 Å². The maximum Gasteiger partial charge on any atom is 0.417 e. The van der Waals surface area contributed by atoms with Gasteiger partial charge in [0.05, 0.1) is 23.3 Å². The summed E-state index contributed by atoms with van der Waals surface area (Å²) in [6, 6.07) is 14.3. The molecular formula is C24H17F3N2O5S. The van der Waals surface area contributed by atoms with E-state index in [9.17, 15) is 27.6 Å². The van der Waals surface area contributed by atoms with Gasteiger partial charge in [-0.3, -0.25) is 19.3 Å². The lowest BCUT2D eigenvalue weighted by Gasteiger charge is -2.14. The maximum atomic E-state index is 13.3. The topological polar surface area (TPSA) is 88.8 Å². The molecule has 4 rings (SSSR count). The predicted molar refractivity (Wildman–Crippen MR) is 123 cm³/mol. The van der Waals surface area contributed by atoms with E-state index in [0.717, 1.165) is 11.0 Å². The number of para-hydroxylation sites is 2. The Morgan fingerprint density at radius 3 is 2.54 bits per heavy atom. The van der Waals surface area contributed by atoms with Crippen LogP contribution in [0.5, 0.6) is 5.75 Å². The first kappa shape index (κ1) is 24.1. The number of furan rings is 1. The van der Waals surface area contributed by atoms with Gasteiger partial charge >= 0.3 is 6.18 Å². The average molecular weight is 502 g/mol. The van der Waals surface area contributed by atoms with Gasteiger partial charge in [0.2, 0.25) is 5.91 Å². The maximum absolute atomic E-state index is 13.3. The van der Waals surface area contributed by atoms with Crippen LogP contribution in [-0.4, -0.2) is 35.6 Å². The van der Waals surface area contributed by atoms with Gasteiger partial charge in [0.25, 0.3) is 11.1 Å². The fraction of sp³-hybridized carbons (Fsp3) is 0.125. The molecule has 35 heavy (non-hydrogen) atoms. The van der Waals surface area contributed by atoms with E-state index in [4.69, 9.17) is 9.15 Å². The largest absolute Gasteiger partial charge is 0.495 e. The van der Waals surface area contributed by atoms with Crippen LogP contribution in [0.25, 0.3) is 17.4 Å². The molecule has 3 aromatic rings. The zero-order valence-corrected chi connectivity index (χ0v) is 18.9. The monoisotopic (exact) mass is 502 g/mol. The number of thioether (sulfide) groups is 1.